The fourth-order valence-corrected chi connectivity index (χ4v) is 5.41. The van der Waals surface area contributed by atoms with Crippen LogP contribution in [0.25, 0.3) is 5.76 Å². The van der Waals surface area contributed by atoms with E-state index in [1.807, 2.05) is 95.6 Å². The summed E-state index contributed by atoms with van der Waals surface area (Å²) in [5.74, 6) is 0.0518. The van der Waals surface area contributed by atoms with Crippen molar-refractivity contribution in [1.29, 1.82) is 0 Å². The SMILES string of the molecule is F[B-]1(F)OC(c2ccccc2)=CC(=[N+]2C(=[N+](c3ccccc3)c3ccccc3)Sc3ccccc32)O1. The summed E-state index contributed by atoms with van der Waals surface area (Å²) in [5, 5.41) is 0.695. The zero-order valence-electron chi connectivity index (χ0n) is 19.0. The Morgan fingerprint density at radius 3 is 1.86 bits per heavy atom. The van der Waals surface area contributed by atoms with Crippen LogP contribution < -0.4 is 4.58 Å². The summed E-state index contributed by atoms with van der Waals surface area (Å²) in [5.41, 5.74) is 3.08. The number of hydrogen-bond acceptors (Lipinski definition) is 3. The van der Waals surface area contributed by atoms with Crippen molar-refractivity contribution in [2.45, 2.75) is 4.90 Å². The maximum absolute atomic E-state index is 14.9. The van der Waals surface area contributed by atoms with E-state index in [0.29, 0.717) is 10.7 Å². The number of para-hydroxylation sites is 3. The lowest BCUT2D eigenvalue weighted by Crippen LogP contribution is -2.41. The van der Waals surface area contributed by atoms with Gasteiger partial charge in [0.2, 0.25) is 17.1 Å². The van der Waals surface area contributed by atoms with Crippen LogP contribution in [0.3, 0.4) is 0 Å². The van der Waals surface area contributed by atoms with Crippen LogP contribution in [-0.2, 0) is 9.31 Å². The van der Waals surface area contributed by atoms with E-state index in [4.69, 9.17) is 9.31 Å². The van der Waals surface area contributed by atoms with E-state index in [1.165, 1.54) is 17.8 Å². The fourth-order valence-electron chi connectivity index (χ4n) is 4.22. The van der Waals surface area contributed by atoms with Crippen molar-refractivity contribution in [3.8, 4) is 0 Å². The van der Waals surface area contributed by atoms with Crippen LogP contribution in [-0.4, -0.2) is 22.7 Å². The summed E-state index contributed by atoms with van der Waals surface area (Å²) >= 11 is 1.49. The summed E-state index contributed by atoms with van der Waals surface area (Å²) in [6.45, 7) is 0. The molecule has 36 heavy (non-hydrogen) atoms. The van der Waals surface area contributed by atoms with Crippen LogP contribution in [0.5, 0.6) is 0 Å². The third-order valence-electron chi connectivity index (χ3n) is 5.77. The molecule has 0 aliphatic carbocycles. The van der Waals surface area contributed by atoms with Crippen LogP contribution in [0, 0.1) is 0 Å². The number of fused-ring (bicyclic) bond motifs is 1. The number of hydrogen-bond donors (Lipinski definition) is 0. The maximum Gasteiger partial charge on any atom is 0.729 e. The molecule has 0 spiro atoms. The molecular weight excluding hydrogens is 477 g/mol. The molecule has 0 atom stereocenters. The van der Waals surface area contributed by atoms with E-state index < -0.39 is 7.11 Å². The van der Waals surface area contributed by atoms with Gasteiger partial charge in [0.25, 0.3) is 0 Å². The Morgan fingerprint density at radius 2 is 1.22 bits per heavy atom. The van der Waals surface area contributed by atoms with Gasteiger partial charge in [0, 0.05) is 35.9 Å². The van der Waals surface area contributed by atoms with Gasteiger partial charge >= 0.3 is 18.2 Å². The Kier molecular flexibility index (Phi) is 5.66. The highest BCUT2D eigenvalue weighted by molar-refractivity contribution is 8.13. The Labute approximate surface area is 211 Å². The Hall–Kier alpha value is -4.17. The average Bonchev–Trinajstić information content (AvgIpc) is 3.29. The highest BCUT2D eigenvalue weighted by Crippen LogP contribution is 2.42. The predicted octanol–water partition coefficient (Wildman–Crippen LogP) is 7.19. The Balaban J connectivity index is 1.67. The number of amidine groups is 1. The van der Waals surface area contributed by atoms with Gasteiger partial charge in [-0.25, -0.2) is 0 Å². The van der Waals surface area contributed by atoms with Crippen LogP contribution >= 0.6 is 11.8 Å². The first kappa shape index (κ1) is 22.3. The second kappa shape index (κ2) is 9.13. The lowest BCUT2D eigenvalue weighted by Gasteiger charge is -2.31. The van der Waals surface area contributed by atoms with Crippen molar-refractivity contribution < 1.29 is 22.5 Å². The zero-order chi connectivity index (χ0) is 24.5. The molecule has 6 rings (SSSR count). The third-order valence-corrected chi connectivity index (χ3v) is 6.89. The Bertz CT molecular complexity index is 1480. The number of nitrogens with zero attached hydrogens (tertiary/aromatic N) is 2. The maximum atomic E-state index is 14.9. The molecule has 2 heterocycles. The molecule has 0 N–H and O–H groups in total. The van der Waals surface area contributed by atoms with Crippen molar-refractivity contribution in [2.24, 2.45) is 0 Å². The number of halogens is 2. The molecule has 0 bridgehead atoms. The van der Waals surface area contributed by atoms with Crippen molar-refractivity contribution >= 4 is 52.8 Å². The molecule has 0 aromatic heterocycles. The summed E-state index contributed by atoms with van der Waals surface area (Å²) in [6, 6.07) is 36.2. The predicted molar refractivity (Wildman–Crippen MR) is 141 cm³/mol. The molecule has 0 unspecified atom stereocenters. The molecule has 0 radical (unpaired) electrons. The van der Waals surface area contributed by atoms with Gasteiger partial charge in [-0.3, -0.25) is 0 Å². The van der Waals surface area contributed by atoms with Crippen molar-refractivity contribution in [1.82, 2.24) is 4.58 Å². The summed E-state index contributed by atoms with van der Waals surface area (Å²) < 4.78 is 43.8. The van der Waals surface area contributed by atoms with Crippen molar-refractivity contribution in [2.75, 3.05) is 0 Å². The molecule has 2 aliphatic heterocycles. The molecule has 8 heteroatoms. The molecule has 0 saturated carbocycles. The van der Waals surface area contributed by atoms with Crippen LogP contribution in [0.15, 0.2) is 126 Å². The van der Waals surface area contributed by atoms with E-state index in [-0.39, 0.29) is 11.7 Å². The minimum atomic E-state index is -4.59. The second-order valence-corrected chi connectivity index (χ2v) is 9.19. The van der Waals surface area contributed by atoms with Crippen LogP contribution in [0.2, 0.25) is 0 Å². The molecule has 176 valence electrons. The average molecular weight is 497 g/mol. The van der Waals surface area contributed by atoms with E-state index in [1.54, 1.807) is 28.8 Å². The smallest absolute Gasteiger partial charge is 0.627 e. The minimum Gasteiger partial charge on any atom is -0.627 e. The van der Waals surface area contributed by atoms with Crippen molar-refractivity contribution in [3.05, 3.63) is 127 Å². The highest BCUT2D eigenvalue weighted by atomic mass is 32.2. The normalized spacial score (nSPS) is 18.1. The van der Waals surface area contributed by atoms with Gasteiger partial charge in [-0.15, -0.1) is 0 Å². The fraction of sp³-hybridized carbons (Fsp3) is 0. The first-order valence-corrected chi connectivity index (χ1v) is 12.3. The molecule has 4 nitrogen and oxygen atoms in total. The summed E-state index contributed by atoms with van der Waals surface area (Å²) in [6.07, 6.45) is 1.53. The minimum absolute atomic E-state index is 0.00517. The number of benzene rings is 4. The largest absolute Gasteiger partial charge is 0.729 e. The van der Waals surface area contributed by atoms with Gasteiger partial charge in [-0.1, -0.05) is 88.0 Å². The van der Waals surface area contributed by atoms with Gasteiger partial charge in [0.15, 0.2) is 0 Å². The van der Waals surface area contributed by atoms with E-state index >= 15 is 0 Å². The van der Waals surface area contributed by atoms with Crippen LogP contribution in [0.1, 0.15) is 5.56 Å². The topological polar surface area (TPSA) is 24.5 Å². The monoisotopic (exact) mass is 497 g/mol. The number of rotatable bonds is 3. The first-order chi connectivity index (χ1) is 17.6. The molecule has 0 amide bonds. The van der Waals surface area contributed by atoms with E-state index in [9.17, 15) is 8.63 Å². The van der Waals surface area contributed by atoms with Gasteiger partial charge in [0.05, 0.1) is 28.5 Å². The molecule has 0 fully saturated rings. The lowest BCUT2D eigenvalue weighted by molar-refractivity contribution is -0.312. The zero-order valence-corrected chi connectivity index (χ0v) is 19.8. The first-order valence-electron chi connectivity index (χ1n) is 11.5. The van der Waals surface area contributed by atoms with Gasteiger partial charge in [-0.2, -0.15) is 0 Å². The van der Waals surface area contributed by atoms with E-state index in [0.717, 1.165) is 22.0 Å². The molecule has 2 aliphatic rings. The van der Waals surface area contributed by atoms with Crippen molar-refractivity contribution in [3.63, 3.8) is 0 Å². The Morgan fingerprint density at radius 1 is 0.667 bits per heavy atom. The molecule has 4 aromatic rings. The molecule has 0 saturated heterocycles. The van der Waals surface area contributed by atoms with Gasteiger partial charge in [-0.05, 0) is 6.07 Å². The quantitative estimate of drug-likeness (QED) is 0.221. The standard InChI is InChI=1S/C28H20BF2N2O2S/c30-29(31)34-25(21-12-4-1-5-13-21)20-27(35-29)33-24-18-10-11-19-26(24)36-28(33)32(22-14-6-2-7-15-22)23-16-8-3-9-17-23/h1-20H/q+1. The number of thioether (sulfide) groups is 1. The van der Waals surface area contributed by atoms with E-state index in [2.05, 4.69) is 0 Å². The van der Waals surface area contributed by atoms with Gasteiger partial charge in [0.1, 0.15) is 0 Å². The lowest BCUT2D eigenvalue weighted by atomic mass is 10.1. The summed E-state index contributed by atoms with van der Waals surface area (Å²) in [4.78, 5) is 0.928. The molecular formula is C28H20BF2N2O2S+. The highest BCUT2D eigenvalue weighted by Gasteiger charge is 2.49. The van der Waals surface area contributed by atoms with Crippen LogP contribution in [0.4, 0.5) is 25.7 Å². The van der Waals surface area contributed by atoms with Gasteiger partial charge < -0.3 is 17.9 Å². The third kappa shape index (κ3) is 4.20. The molecule has 4 aromatic carbocycles. The summed E-state index contributed by atoms with van der Waals surface area (Å²) in [7, 11) is -4.59. The second-order valence-electron chi connectivity index (χ2n) is 8.18.